The van der Waals surface area contributed by atoms with E-state index in [1.54, 1.807) is 39.0 Å². The number of hydrogen-bond donors (Lipinski definition) is 1. The minimum atomic E-state index is -1.58. The summed E-state index contributed by atoms with van der Waals surface area (Å²) in [4.78, 5) is 24.2. The molecule has 0 spiro atoms. The zero-order valence-corrected chi connectivity index (χ0v) is 14.6. The Morgan fingerprint density at radius 2 is 2.12 bits per heavy atom. The van der Waals surface area contributed by atoms with Crippen LogP contribution in [-0.4, -0.2) is 40.6 Å². The molecule has 3 heterocycles. The summed E-state index contributed by atoms with van der Waals surface area (Å²) in [7, 11) is 0. The molecule has 0 aromatic heterocycles. The van der Waals surface area contributed by atoms with Gasteiger partial charge in [-0.3, -0.25) is 0 Å². The molecule has 5 atom stereocenters. The predicted octanol–water partition coefficient (Wildman–Crippen LogP) is 1.96. The number of hydrogen-bond acceptors (Lipinski definition) is 6. The topological polar surface area (TPSA) is 82.1 Å². The van der Waals surface area contributed by atoms with Crippen molar-refractivity contribution in [3.63, 3.8) is 0 Å². The van der Waals surface area contributed by atoms with Crippen LogP contribution in [0.3, 0.4) is 0 Å². The molecule has 0 saturated carbocycles. The quantitative estimate of drug-likeness (QED) is 0.468. The highest BCUT2D eigenvalue weighted by Gasteiger charge is 2.52. The van der Waals surface area contributed by atoms with Crippen LogP contribution >= 0.6 is 0 Å². The number of rotatable bonds is 2. The highest BCUT2D eigenvalue weighted by molar-refractivity contribution is 5.91. The summed E-state index contributed by atoms with van der Waals surface area (Å²) >= 11 is 0. The van der Waals surface area contributed by atoms with E-state index in [9.17, 15) is 14.7 Å². The Bertz CT molecular complexity index is 732. The third kappa shape index (κ3) is 2.96. The van der Waals surface area contributed by atoms with Gasteiger partial charge in [0.2, 0.25) is 5.79 Å². The fraction of sp³-hybridized carbons (Fsp3) is 0.474. The maximum absolute atomic E-state index is 12.1. The van der Waals surface area contributed by atoms with Gasteiger partial charge in [0.05, 0.1) is 11.5 Å². The van der Waals surface area contributed by atoms with Gasteiger partial charge in [-0.05, 0) is 38.5 Å². The molecule has 1 saturated heterocycles. The van der Waals surface area contributed by atoms with E-state index in [4.69, 9.17) is 14.2 Å². The Morgan fingerprint density at radius 3 is 2.76 bits per heavy atom. The summed E-state index contributed by atoms with van der Waals surface area (Å²) in [6, 6.07) is 0. The van der Waals surface area contributed by atoms with E-state index in [0.29, 0.717) is 5.57 Å². The van der Waals surface area contributed by atoms with Crippen molar-refractivity contribution in [1.29, 1.82) is 0 Å². The first-order chi connectivity index (χ1) is 11.5. The first kappa shape index (κ1) is 17.6. The normalized spacial score (nSPS) is 41.8. The van der Waals surface area contributed by atoms with E-state index in [2.05, 4.69) is 13.2 Å². The van der Waals surface area contributed by atoms with Gasteiger partial charge in [0.1, 0.15) is 12.2 Å². The summed E-state index contributed by atoms with van der Waals surface area (Å²) in [5.74, 6) is -3.23. The predicted molar refractivity (Wildman–Crippen MR) is 89.2 cm³/mol. The van der Waals surface area contributed by atoms with Crippen LogP contribution in [0, 0.1) is 5.92 Å². The number of ether oxygens (including phenoxy) is 3. The Hall–Kier alpha value is -2.18. The SMILES string of the molecule is C=C(C)C(=O)O[C@@H]1C[C@]2(C)C=C[C@@](O)(O2)/C(C)=C\[C@H]2OC(=O)C(=C)[C@@H]21. The van der Waals surface area contributed by atoms with E-state index >= 15 is 0 Å². The van der Waals surface area contributed by atoms with Gasteiger partial charge >= 0.3 is 11.9 Å². The minimum Gasteiger partial charge on any atom is -0.458 e. The third-order valence-corrected chi connectivity index (χ3v) is 4.91. The smallest absolute Gasteiger partial charge is 0.334 e. The molecule has 2 bridgehead atoms. The molecule has 3 rings (SSSR count). The molecule has 134 valence electrons. The third-order valence-electron chi connectivity index (χ3n) is 4.91. The highest BCUT2D eigenvalue weighted by atomic mass is 16.6. The van der Waals surface area contributed by atoms with Gasteiger partial charge in [0.15, 0.2) is 0 Å². The van der Waals surface area contributed by atoms with Gasteiger partial charge in [-0.1, -0.05) is 19.2 Å². The number of fused-ring (bicyclic) bond motifs is 3. The van der Waals surface area contributed by atoms with Crippen molar-refractivity contribution in [3.8, 4) is 0 Å². The number of carbonyl (C=O) groups excluding carboxylic acids is 2. The van der Waals surface area contributed by atoms with E-state index in [1.165, 1.54) is 0 Å². The van der Waals surface area contributed by atoms with E-state index < -0.39 is 41.5 Å². The lowest BCUT2D eigenvalue weighted by Gasteiger charge is -2.33. The average molecular weight is 346 g/mol. The van der Waals surface area contributed by atoms with Crippen LogP contribution in [0.15, 0.2) is 48.1 Å². The van der Waals surface area contributed by atoms with Crippen LogP contribution in [0.4, 0.5) is 0 Å². The van der Waals surface area contributed by atoms with Crippen LogP contribution in [0.1, 0.15) is 27.2 Å². The maximum atomic E-state index is 12.1. The van der Waals surface area contributed by atoms with Crippen LogP contribution in [0.5, 0.6) is 0 Å². The van der Waals surface area contributed by atoms with Gasteiger partial charge < -0.3 is 19.3 Å². The molecule has 0 aliphatic carbocycles. The number of aliphatic hydroxyl groups is 1. The summed E-state index contributed by atoms with van der Waals surface area (Å²) in [6.45, 7) is 12.4. The molecule has 0 aromatic rings. The van der Waals surface area contributed by atoms with Gasteiger partial charge in [-0.15, -0.1) is 0 Å². The molecule has 6 heteroatoms. The first-order valence-corrected chi connectivity index (χ1v) is 8.13. The number of esters is 2. The summed E-state index contributed by atoms with van der Waals surface area (Å²) in [5, 5.41) is 10.7. The lowest BCUT2D eigenvalue weighted by molar-refractivity contribution is -0.188. The lowest BCUT2D eigenvalue weighted by Crippen LogP contribution is -2.40. The average Bonchev–Trinajstić information content (AvgIpc) is 2.97. The zero-order valence-electron chi connectivity index (χ0n) is 14.6. The molecule has 1 fully saturated rings. The van der Waals surface area contributed by atoms with Crippen molar-refractivity contribution < 1.29 is 28.9 Å². The first-order valence-electron chi connectivity index (χ1n) is 8.13. The summed E-state index contributed by atoms with van der Waals surface area (Å²) in [5.41, 5.74) is 0.122. The molecule has 3 aliphatic heterocycles. The Balaban J connectivity index is 2.06. The van der Waals surface area contributed by atoms with Crippen LogP contribution < -0.4 is 0 Å². The molecular formula is C19H22O6. The second kappa shape index (κ2) is 5.68. The highest BCUT2D eigenvalue weighted by Crippen LogP contribution is 2.44. The van der Waals surface area contributed by atoms with Crippen LogP contribution in [-0.2, 0) is 23.8 Å². The van der Waals surface area contributed by atoms with Gasteiger partial charge in [-0.2, -0.15) is 0 Å². The largest absolute Gasteiger partial charge is 0.458 e. The number of carbonyl (C=O) groups is 2. The van der Waals surface area contributed by atoms with Crippen molar-refractivity contribution in [2.24, 2.45) is 5.92 Å². The fourth-order valence-electron chi connectivity index (χ4n) is 3.46. The molecular weight excluding hydrogens is 324 g/mol. The van der Waals surface area contributed by atoms with Crippen molar-refractivity contribution in [2.75, 3.05) is 0 Å². The fourth-order valence-corrected chi connectivity index (χ4v) is 3.46. The Morgan fingerprint density at radius 1 is 1.44 bits per heavy atom. The molecule has 0 amide bonds. The molecule has 1 N–H and O–H groups in total. The Labute approximate surface area is 146 Å². The van der Waals surface area contributed by atoms with Gasteiger partial charge in [0, 0.05) is 17.6 Å². The second-order valence-corrected chi connectivity index (χ2v) is 7.14. The van der Waals surface area contributed by atoms with E-state index in [1.807, 2.05) is 0 Å². The molecule has 0 radical (unpaired) electrons. The van der Waals surface area contributed by atoms with Crippen LogP contribution in [0.2, 0.25) is 0 Å². The monoisotopic (exact) mass is 346 g/mol. The van der Waals surface area contributed by atoms with Crippen molar-refractivity contribution in [3.05, 3.63) is 48.1 Å². The van der Waals surface area contributed by atoms with Crippen molar-refractivity contribution in [2.45, 2.75) is 50.8 Å². The van der Waals surface area contributed by atoms with Gasteiger partial charge in [0.25, 0.3) is 0 Å². The summed E-state index contributed by atoms with van der Waals surface area (Å²) in [6.07, 6.45) is 3.76. The molecule has 6 nitrogen and oxygen atoms in total. The zero-order chi connectivity index (χ0) is 18.6. The molecule has 0 aromatic carbocycles. The Kier molecular flexibility index (Phi) is 4.00. The van der Waals surface area contributed by atoms with E-state index in [-0.39, 0.29) is 17.6 Å². The second-order valence-electron chi connectivity index (χ2n) is 7.14. The molecule has 0 unspecified atom stereocenters. The maximum Gasteiger partial charge on any atom is 0.334 e. The van der Waals surface area contributed by atoms with E-state index in [0.717, 1.165) is 0 Å². The lowest BCUT2D eigenvalue weighted by atomic mass is 9.83. The van der Waals surface area contributed by atoms with Crippen molar-refractivity contribution >= 4 is 11.9 Å². The van der Waals surface area contributed by atoms with Crippen molar-refractivity contribution in [1.82, 2.24) is 0 Å². The standard InChI is InChI=1S/C19H22O6/c1-10(2)16(20)24-14-9-18(5)6-7-19(22,25-18)11(3)8-13-15(14)12(4)17(21)23-13/h6-8,13-15,22H,1,4,9H2,2-3,5H3/b11-8-/t13-,14-,15+,18+,19-/m1/s1. The molecule has 3 aliphatic rings. The minimum absolute atomic E-state index is 0.239. The molecule has 25 heavy (non-hydrogen) atoms. The summed E-state index contributed by atoms with van der Waals surface area (Å²) < 4.78 is 16.8. The van der Waals surface area contributed by atoms with Crippen LogP contribution in [0.25, 0.3) is 0 Å². The van der Waals surface area contributed by atoms with Gasteiger partial charge in [-0.25, -0.2) is 9.59 Å².